The Morgan fingerprint density at radius 3 is 2.31 bits per heavy atom. The highest BCUT2D eigenvalue weighted by Gasteiger charge is 2.36. The van der Waals surface area contributed by atoms with Gasteiger partial charge in [-0.05, 0) is 38.1 Å². The molecular formula is C24H24FN3O4. The van der Waals surface area contributed by atoms with Crippen LogP contribution in [0.15, 0.2) is 59.5 Å². The number of hydrogen-bond acceptors (Lipinski definition) is 5. The van der Waals surface area contributed by atoms with E-state index in [1.54, 1.807) is 34.2 Å². The summed E-state index contributed by atoms with van der Waals surface area (Å²) in [4.78, 5) is 33.4. The molecule has 0 bridgehead atoms. The highest BCUT2D eigenvalue weighted by Crippen LogP contribution is 2.24. The highest BCUT2D eigenvalue weighted by atomic mass is 19.1. The van der Waals surface area contributed by atoms with Crippen LogP contribution in [0.25, 0.3) is 11.3 Å². The fourth-order valence-electron chi connectivity index (χ4n) is 4.14. The lowest BCUT2D eigenvalue weighted by atomic mass is 10.0. The van der Waals surface area contributed by atoms with Gasteiger partial charge in [0.1, 0.15) is 11.6 Å². The second kappa shape index (κ2) is 8.82. The summed E-state index contributed by atoms with van der Waals surface area (Å²) < 4.78 is 24.7. The minimum Gasteiger partial charge on any atom is -0.497 e. The number of hydrogen-bond donors (Lipinski definition) is 0. The molecule has 0 radical (unpaired) electrons. The molecule has 0 N–H and O–H groups in total. The second-order valence-electron chi connectivity index (χ2n) is 7.91. The number of piperazine rings is 1. The molecule has 2 amide bonds. The van der Waals surface area contributed by atoms with Crippen molar-refractivity contribution in [2.24, 2.45) is 0 Å². The maximum absolute atomic E-state index is 14.4. The Morgan fingerprint density at radius 1 is 1.06 bits per heavy atom. The van der Waals surface area contributed by atoms with Crippen LogP contribution < -0.4 is 4.74 Å². The van der Waals surface area contributed by atoms with E-state index < -0.39 is 11.7 Å². The zero-order valence-electron chi connectivity index (χ0n) is 18.1. The number of ether oxygens (including phenoxy) is 1. The average Bonchev–Trinajstić information content (AvgIpc) is 3.33. The van der Waals surface area contributed by atoms with E-state index in [4.69, 9.17) is 9.15 Å². The molecule has 1 aromatic heterocycles. The molecule has 7 nitrogen and oxygen atoms in total. The number of rotatable bonds is 4. The normalized spacial score (nSPS) is 18.5. The summed E-state index contributed by atoms with van der Waals surface area (Å²) in [5, 5.41) is 0. The van der Waals surface area contributed by atoms with Crippen molar-refractivity contribution in [3.05, 3.63) is 72.0 Å². The number of carbonyl (C=O) groups excluding carboxylic acids is 2. The Hall–Kier alpha value is -3.68. The van der Waals surface area contributed by atoms with E-state index in [9.17, 15) is 14.0 Å². The Morgan fingerprint density at radius 2 is 1.75 bits per heavy atom. The third-order valence-electron chi connectivity index (χ3n) is 5.70. The van der Waals surface area contributed by atoms with Crippen molar-refractivity contribution in [1.82, 2.24) is 14.8 Å². The van der Waals surface area contributed by atoms with Gasteiger partial charge in [-0.1, -0.05) is 12.1 Å². The van der Waals surface area contributed by atoms with Crippen LogP contribution in [-0.2, 0) is 0 Å². The minimum atomic E-state index is -0.625. The monoisotopic (exact) mass is 437 g/mol. The molecule has 2 atom stereocenters. The number of oxazole rings is 1. The van der Waals surface area contributed by atoms with Crippen molar-refractivity contribution in [2.75, 3.05) is 20.2 Å². The molecule has 8 heteroatoms. The highest BCUT2D eigenvalue weighted by molar-refractivity contribution is 5.97. The molecule has 0 aliphatic carbocycles. The lowest BCUT2D eigenvalue weighted by Gasteiger charge is -2.44. The van der Waals surface area contributed by atoms with Gasteiger partial charge >= 0.3 is 0 Å². The molecule has 2 heterocycles. The van der Waals surface area contributed by atoms with Crippen LogP contribution in [0.4, 0.5) is 4.39 Å². The van der Waals surface area contributed by atoms with E-state index in [-0.39, 0.29) is 23.6 Å². The van der Waals surface area contributed by atoms with Gasteiger partial charge in [0.2, 0.25) is 0 Å². The first-order valence-electron chi connectivity index (χ1n) is 10.3. The molecule has 1 fully saturated rings. The third kappa shape index (κ3) is 4.08. The summed E-state index contributed by atoms with van der Waals surface area (Å²) in [7, 11) is 1.44. The Bertz CT molecular complexity index is 1100. The van der Waals surface area contributed by atoms with Gasteiger partial charge in [0.25, 0.3) is 11.8 Å². The van der Waals surface area contributed by atoms with E-state index >= 15 is 0 Å². The number of benzene rings is 2. The minimum absolute atomic E-state index is 0.00650. The van der Waals surface area contributed by atoms with Crippen molar-refractivity contribution in [1.29, 1.82) is 0 Å². The largest absolute Gasteiger partial charge is 0.497 e. The topological polar surface area (TPSA) is 75.9 Å². The molecular weight excluding hydrogens is 413 g/mol. The molecule has 0 saturated carbocycles. The van der Waals surface area contributed by atoms with E-state index in [0.717, 1.165) is 5.56 Å². The first-order chi connectivity index (χ1) is 15.4. The second-order valence-corrected chi connectivity index (χ2v) is 7.91. The molecule has 1 saturated heterocycles. The zero-order chi connectivity index (χ0) is 22.8. The van der Waals surface area contributed by atoms with Gasteiger partial charge in [0.05, 0.1) is 18.9 Å². The van der Waals surface area contributed by atoms with Crippen molar-refractivity contribution in [2.45, 2.75) is 25.9 Å². The summed E-state index contributed by atoms with van der Waals surface area (Å²) in [6, 6.07) is 10.9. The quantitative estimate of drug-likeness (QED) is 0.620. The predicted octanol–water partition coefficient (Wildman–Crippen LogP) is 3.86. The zero-order valence-corrected chi connectivity index (χ0v) is 18.1. The van der Waals surface area contributed by atoms with Gasteiger partial charge < -0.3 is 19.0 Å². The van der Waals surface area contributed by atoms with Gasteiger partial charge in [-0.2, -0.15) is 0 Å². The van der Waals surface area contributed by atoms with Crippen LogP contribution in [-0.4, -0.2) is 58.9 Å². The Labute approximate surface area is 185 Å². The first-order valence-corrected chi connectivity index (χ1v) is 10.3. The van der Waals surface area contributed by atoms with E-state index in [1.807, 2.05) is 26.0 Å². The van der Waals surface area contributed by atoms with Crippen LogP contribution in [0, 0.1) is 5.82 Å². The summed E-state index contributed by atoms with van der Waals surface area (Å²) in [6.45, 7) is 4.41. The lowest BCUT2D eigenvalue weighted by Crippen LogP contribution is -2.59. The van der Waals surface area contributed by atoms with Gasteiger partial charge in [0, 0.05) is 42.4 Å². The summed E-state index contributed by atoms with van der Waals surface area (Å²) in [5.41, 5.74) is 1.37. The first kappa shape index (κ1) is 21.5. The predicted molar refractivity (Wildman–Crippen MR) is 116 cm³/mol. The molecule has 0 unspecified atom stereocenters. The standard InChI is InChI=1S/C24H24FN3O4/c1-15-12-27(24(30)20-9-8-19(31-3)10-21(20)25)13-16(2)28(15)23(29)18-6-4-17(5-7-18)22-11-26-14-32-22/h4-11,14-16H,12-13H2,1-3H3/t15-,16-/m1/s1. The number of aromatic nitrogens is 1. The van der Waals surface area contributed by atoms with Gasteiger partial charge in [-0.25, -0.2) is 9.37 Å². The lowest BCUT2D eigenvalue weighted by molar-refractivity contribution is 0.0252. The fourth-order valence-corrected chi connectivity index (χ4v) is 4.14. The van der Waals surface area contributed by atoms with Crippen LogP contribution in [0.1, 0.15) is 34.6 Å². The maximum Gasteiger partial charge on any atom is 0.256 e. The molecule has 0 spiro atoms. The number of amides is 2. The van der Waals surface area contributed by atoms with Crippen LogP contribution in [0.5, 0.6) is 5.75 Å². The molecule has 32 heavy (non-hydrogen) atoms. The van der Waals surface area contributed by atoms with Crippen LogP contribution in [0.2, 0.25) is 0 Å². The van der Waals surface area contributed by atoms with E-state index in [2.05, 4.69) is 4.98 Å². The molecule has 1 aliphatic heterocycles. The summed E-state index contributed by atoms with van der Waals surface area (Å²) in [5.74, 6) is -0.154. The Kier molecular flexibility index (Phi) is 5.94. The van der Waals surface area contributed by atoms with E-state index in [1.165, 1.54) is 25.6 Å². The number of halogens is 1. The smallest absolute Gasteiger partial charge is 0.256 e. The molecule has 4 rings (SSSR count). The summed E-state index contributed by atoms with van der Waals surface area (Å²) in [6.07, 6.45) is 2.97. The van der Waals surface area contributed by atoms with Gasteiger partial charge in [-0.15, -0.1) is 0 Å². The van der Waals surface area contributed by atoms with Crippen LogP contribution >= 0.6 is 0 Å². The SMILES string of the molecule is COc1ccc(C(=O)N2C[C@@H](C)N(C(=O)c3ccc(-c4cnco4)cc3)[C@H](C)C2)c(F)c1. The molecule has 166 valence electrons. The number of nitrogens with zero attached hydrogens (tertiary/aromatic N) is 3. The van der Waals surface area contributed by atoms with Crippen LogP contribution in [0.3, 0.4) is 0 Å². The average molecular weight is 437 g/mol. The number of methoxy groups -OCH3 is 1. The molecule has 1 aliphatic rings. The summed E-state index contributed by atoms with van der Waals surface area (Å²) >= 11 is 0. The van der Waals surface area contributed by atoms with Crippen molar-refractivity contribution in [3.63, 3.8) is 0 Å². The van der Waals surface area contributed by atoms with Crippen molar-refractivity contribution in [3.8, 4) is 17.1 Å². The van der Waals surface area contributed by atoms with Crippen molar-refractivity contribution >= 4 is 11.8 Å². The molecule has 3 aromatic rings. The number of carbonyl (C=O) groups is 2. The molecule has 2 aromatic carbocycles. The van der Waals surface area contributed by atoms with Crippen molar-refractivity contribution < 1.29 is 23.1 Å². The van der Waals surface area contributed by atoms with E-state index in [0.29, 0.717) is 30.2 Å². The Balaban J connectivity index is 1.48. The third-order valence-corrected chi connectivity index (χ3v) is 5.70. The maximum atomic E-state index is 14.4. The van der Waals surface area contributed by atoms with Gasteiger partial charge in [-0.3, -0.25) is 9.59 Å². The van der Waals surface area contributed by atoms with Gasteiger partial charge in [0.15, 0.2) is 12.2 Å². The fraction of sp³-hybridized carbons (Fsp3) is 0.292.